The van der Waals surface area contributed by atoms with Crippen molar-refractivity contribution in [2.24, 2.45) is 11.8 Å². The molecule has 0 aromatic carbocycles. The van der Waals surface area contributed by atoms with Gasteiger partial charge in [0, 0.05) is 6.92 Å². The lowest BCUT2D eigenvalue weighted by molar-refractivity contribution is -0.133. The van der Waals surface area contributed by atoms with Gasteiger partial charge in [-0.15, -0.1) is 0 Å². The van der Waals surface area contributed by atoms with Crippen LogP contribution in [0.15, 0.2) is 0 Å². The SMILES string of the molecule is CSCC[C@@H](C=O)NC(=O)[C@@H](CC(C)C)NC(=O)[C@@H](CC(C)C)NC(C)=O. The van der Waals surface area contributed by atoms with E-state index >= 15 is 0 Å². The third-order valence-electron chi connectivity index (χ3n) is 3.87. The van der Waals surface area contributed by atoms with E-state index in [1.807, 2.05) is 34.0 Å². The molecule has 0 saturated carbocycles. The van der Waals surface area contributed by atoms with E-state index in [9.17, 15) is 19.2 Å². The summed E-state index contributed by atoms with van der Waals surface area (Å²) in [4.78, 5) is 47.9. The van der Waals surface area contributed by atoms with Crippen molar-refractivity contribution in [3.63, 3.8) is 0 Å². The van der Waals surface area contributed by atoms with E-state index in [0.717, 1.165) is 12.0 Å². The first kappa shape index (κ1) is 25.4. The van der Waals surface area contributed by atoms with E-state index in [-0.39, 0.29) is 29.6 Å². The molecule has 3 atom stereocenters. The van der Waals surface area contributed by atoms with E-state index in [1.165, 1.54) is 6.92 Å². The number of hydrogen-bond donors (Lipinski definition) is 3. The summed E-state index contributed by atoms with van der Waals surface area (Å²) in [6.45, 7) is 9.19. The topological polar surface area (TPSA) is 104 Å². The number of thioether (sulfide) groups is 1. The zero-order valence-corrected chi connectivity index (χ0v) is 18.2. The maximum Gasteiger partial charge on any atom is 0.243 e. The molecule has 156 valence electrons. The Balaban J connectivity index is 5.14. The molecule has 0 radical (unpaired) electrons. The second-order valence-electron chi connectivity index (χ2n) is 7.61. The van der Waals surface area contributed by atoms with Crippen LogP contribution in [0.3, 0.4) is 0 Å². The predicted molar refractivity (Wildman–Crippen MR) is 109 cm³/mol. The largest absolute Gasteiger partial charge is 0.345 e. The minimum absolute atomic E-state index is 0.172. The zero-order chi connectivity index (χ0) is 21.0. The molecule has 0 aliphatic carbocycles. The fourth-order valence-corrected chi connectivity index (χ4v) is 3.12. The highest BCUT2D eigenvalue weighted by molar-refractivity contribution is 7.98. The third-order valence-corrected chi connectivity index (χ3v) is 4.51. The summed E-state index contributed by atoms with van der Waals surface area (Å²) in [5.41, 5.74) is 0. The summed E-state index contributed by atoms with van der Waals surface area (Å²) in [5.74, 6) is 0.0814. The van der Waals surface area contributed by atoms with Crippen LogP contribution < -0.4 is 16.0 Å². The summed E-state index contributed by atoms with van der Waals surface area (Å²) in [6.07, 6.45) is 4.12. The highest BCUT2D eigenvalue weighted by Crippen LogP contribution is 2.09. The second-order valence-corrected chi connectivity index (χ2v) is 8.59. The highest BCUT2D eigenvalue weighted by atomic mass is 32.2. The molecule has 7 nitrogen and oxygen atoms in total. The average molecular weight is 402 g/mol. The summed E-state index contributed by atoms with van der Waals surface area (Å²) >= 11 is 1.60. The van der Waals surface area contributed by atoms with Crippen LogP contribution >= 0.6 is 11.8 Å². The van der Waals surface area contributed by atoms with Gasteiger partial charge in [0.05, 0.1) is 6.04 Å². The second kappa shape index (κ2) is 13.6. The van der Waals surface area contributed by atoms with Gasteiger partial charge in [0.1, 0.15) is 18.4 Å². The van der Waals surface area contributed by atoms with Crippen LogP contribution in [0.1, 0.15) is 53.9 Å². The van der Waals surface area contributed by atoms with E-state index in [0.29, 0.717) is 19.3 Å². The zero-order valence-electron chi connectivity index (χ0n) is 17.3. The fraction of sp³-hybridized carbons (Fsp3) is 0.789. The Morgan fingerprint density at radius 3 is 1.78 bits per heavy atom. The van der Waals surface area contributed by atoms with Crippen LogP contribution in [0, 0.1) is 11.8 Å². The van der Waals surface area contributed by atoms with Gasteiger partial charge in [0.2, 0.25) is 17.7 Å². The first-order valence-electron chi connectivity index (χ1n) is 9.42. The molecule has 0 saturated heterocycles. The number of hydrogen-bond acceptors (Lipinski definition) is 5. The van der Waals surface area contributed by atoms with E-state index < -0.39 is 18.1 Å². The van der Waals surface area contributed by atoms with E-state index in [4.69, 9.17) is 0 Å². The monoisotopic (exact) mass is 401 g/mol. The van der Waals surface area contributed by atoms with Crippen molar-refractivity contribution in [3.05, 3.63) is 0 Å². The van der Waals surface area contributed by atoms with Crippen LogP contribution in [0.2, 0.25) is 0 Å². The number of nitrogens with one attached hydrogen (secondary N) is 3. The van der Waals surface area contributed by atoms with Gasteiger partial charge in [-0.2, -0.15) is 11.8 Å². The van der Waals surface area contributed by atoms with Crippen molar-refractivity contribution >= 4 is 35.8 Å². The minimum Gasteiger partial charge on any atom is -0.345 e. The Hall–Kier alpha value is -1.57. The van der Waals surface area contributed by atoms with Crippen LogP contribution in [0.5, 0.6) is 0 Å². The predicted octanol–water partition coefficient (Wildman–Crippen LogP) is 1.50. The standard InChI is InChI=1S/C19H35N3O4S/c1-12(2)9-16(20-14(5)24)19(26)22-17(10-13(3)4)18(25)21-15(11-23)7-8-27-6/h11-13,15-17H,7-10H2,1-6H3,(H,20,24)(H,21,25)(H,22,26)/t15-,16+,17+/m0/s1. The Bertz CT molecular complexity index is 497. The first-order valence-corrected chi connectivity index (χ1v) is 10.8. The van der Waals surface area contributed by atoms with Gasteiger partial charge in [-0.3, -0.25) is 14.4 Å². The summed E-state index contributed by atoms with van der Waals surface area (Å²) in [6, 6.07) is -2.01. The Kier molecular flexibility index (Phi) is 12.8. The minimum atomic E-state index is -0.752. The number of carbonyl (C=O) groups excluding carboxylic acids is 4. The smallest absolute Gasteiger partial charge is 0.243 e. The summed E-state index contributed by atoms with van der Waals surface area (Å²) in [5, 5.41) is 8.11. The van der Waals surface area contributed by atoms with Gasteiger partial charge < -0.3 is 20.7 Å². The Labute approximate surface area is 167 Å². The van der Waals surface area contributed by atoms with E-state index in [1.54, 1.807) is 11.8 Å². The van der Waals surface area contributed by atoms with Crippen molar-refractivity contribution in [1.82, 2.24) is 16.0 Å². The molecular weight excluding hydrogens is 366 g/mol. The van der Waals surface area contributed by atoms with Gasteiger partial charge in [-0.05, 0) is 43.1 Å². The fourth-order valence-electron chi connectivity index (χ4n) is 2.63. The molecule has 0 unspecified atom stereocenters. The molecule has 0 fully saturated rings. The Morgan fingerprint density at radius 2 is 1.37 bits per heavy atom. The van der Waals surface area contributed by atoms with Crippen LogP contribution in [0.4, 0.5) is 0 Å². The van der Waals surface area contributed by atoms with Crippen molar-refractivity contribution in [2.45, 2.75) is 72.0 Å². The molecule has 0 heterocycles. The lowest BCUT2D eigenvalue weighted by Gasteiger charge is -2.25. The van der Waals surface area contributed by atoms with Gasteiger partial charge in [0.25, 0.3) is 0 Å². The maximum absolute atomic E-state index is 12.7. The van der Waals surface area contributed by atoms with Gasteiger partial charge in [-0.25, -0.2) is 0 Å². The number of rotatable bonds is 13. The molecule has 0 aliphatic heterocycles. The molecule has 27 heavy (non-hydrogen) atoms. The van der Waals surface area contributed by atoms with Crippen molar-refractivity contribution in [2.75, 3.05) is 12.0 Å². The van der Waals surface area contributed by atoms with Crippen LogP contribution in [0.25, 0.3) is 0 Å². The maximum atomic E-state index is 12.7. The lowest BCUT2D eigenvalue weighted by atomic mass is 10.00. The molecule has 0 aromatic rings. The Morgan fingerprint density at radius 1 is 0.889 bits per heavy atom. The molecule has 0 bridgehead atoms. The molecular formula is C19H35N3O4S. The molecule has 0 aromatic heterocycles. The molecule has 0 rings (SSSR count). The molecule has 3 amide bonds. The number of aldehydes is 1. The number of carbonyl (C=O) groups is 4. The van der Waals surface area contributed by atoms with Gasteiger partial charge in [-0.1, -0.05) is 27.7 Å². The normalized spacial score (nSPS) is 14.4. The lowest BCUT2D eigenvalue weighted by Crippen LogP contribution is -2.55. The van der Waals surface area contributed by atoms with Crippen molar-refractivity contribution in [1.29, 1.82) is 0 Å². The third kappa shape index (κ3) is 11.7. The molecule has 3 N–H and O–H groups in total. The highest BCUT2D eigenvalue weighted by Gasteiger charge is 2.28. The van der Waals surface area contributed by atoms with Crippen molar-refractivity contribution < 1.29 is 19.2 Å². The number of amides is 3. The van der Waals surface area contributed by atoms with Gasteiger partial charge in [0.15, 0.2) is 0 Å². The molecule has 0 aliphatic rings. The first-order chi connectivity index (χ1) is 12.6. The van der Waals surface area contributed by atoms with Crippen molar-refractivity contribution in [3.8, 4) is 0 Å². The molecule has 8 heteroatoms. The van der Waals surface area contributed by atoms with E-state index in [2.05, 4.69) is 16.0 Å². The van der Waals surface area contributed by atoms with Crippen LogP contribution in [-0.4, -0.2) is 54.1 Å². The van der Waals surface area contributed by atoms with Crippen LogP contribution in [-0.2, 0) is 19.2 Å². The summed E-state index contributed by atoms with van der Waals surface area (Å²) in [7, 11) is 0. The van der Waals surface area contributed by atoms with Gasteiger partial charge >= 0.3 is 0 Å². The quantitative estimate of drug-likeness (QED) is 0.406. The summed E-state index contributed by atoms with van der Waals surface area (Å²) < 4.78 is 0. The average Bonchev–Trinajstić information content (AvgIpc) is 2.55. The molecule has 0 spiro atoms.